The summed E-state index contributed by atoms with van der Waals surface area (Å²) in [6.07, 6.45) is 3.63. The fourth-order valence-corrected chi connectivity index (χ4v) is 4.50. The van der Waals surface area contributed by atoms with Gasteiger partial charge in [-0.3, -0.25) is 0 Å². The molecule has 3 aromatic rings. The fraction of sp³-hybridized carbons (Fsp3) is 0.286. The summed E-state index contributed by atoms with van der Waals surface area (Å²) in [5, 5.41) is 2.06. The van der Waals surface area contributed by atoms with Crippen LogP contribution >= 0.6 is 0 Å². The second kappa shape index (κ2) is 7.85. The molecular formula is C21H22ClNO6S. The van der Waals surface area contributed by atoms with Crippen molar-refractivity contribution in [1.29, 1.82) is 0 Å². The van der Waals surface area contributed by atoms with Crippen molar-refractivity contribution in [3.05, 3.63) is 41.6 Å². The maximum atomic E-state index is 11.6. The molecular weight excluding hydrogens is 430 g/mol. The van der Waals surface area contributed by atoms with Gasteiger partial charge in [-0.15, -0.1) is 0 Å². The van der Waals surface area contributed by atoms with Gasteiger partial charge in [0.05, 0.1) is 33.1 Å². The van der Waals surface area contributed by atoms with Gasteiger partial charge in [-0.1, -0.05) is 0 Å². The second-order valence-electron chi connectivity index (χ2n) is 6.95. The number of hydrogen-bond acceptors (Lipinski definition) is 6. The molecule has 0 unspecified atom stereocenters. The first-order chi connectivity index (χ1) is 13.8. The Morgan fingerprint density at radius 2 is 1.60 bits per heavy atom. The Balaban J connectivity index is 0.00000256. The van der Waals surface area contributed by atoms with Crippen LogP contribution in [0.4, 0.5) is 0 Å². The van der Waals surface area contributed by atoms with E-state index in [2.05, 4.69) is 4.57 Å². The Morgan fingerprint density at radius 1 is 0.933 bits per heavy atom. The quantitative estimate of drug-likeness (QED) is 0.304. The first-order valence-corrected chi connectivity index (χ1v) is 10.8. The molecule has 0 atom stereocenters. The Hall–Kier alpha value is -2.71. The first-order valence-electron chi connectivity index (χ1n) is 8.94. The van der Waals surface area contributed by atoms with Crippen LogP contribution in [0, 0.1) is 0 Å². The van der Waals surface area contributed by atoms with Gasteiger partial charge in [-0.25, -0.2) is 4.57 Å². The molecule has 0 N–H and O–H groups in total. The third-order valence-electron chi connectivity index (χ3n) is 5.13. The van der Waals surface area contributed by atoms with Crippen molar-refractivity contribution in [2.45, 2.75) is 6.42 Å². The van der Waals surface area contributed by atoms with Crippen LogP contribution in [0.5, 0.6) is 23.0 Å². The highest BCUT2D eigenvalue weighted by Gasteiger charge is 2.33. The smallest absolute Gasteiger partial charge is 0.306 e. The standard InChI is InChI=1S/C21H22NO6S.ClH/c1-22-11-12-8-18(25-2)19(26-3)10-14(12)15-9-16-13(20(15)22)6-7-17(21(16)27-4)28-29(5,23)24;/h6-8,10-11H,9H2,1-5H3;1H/q+1;/p-1. The average Bonchev–Trinajstić information content (AvgIpc) is 3.06. The lowest BCUT2D eigenvalue weighted by molar-refractivity contribution is -0.659. The maximum Gasteiger partial charge on any atom is 0.306 e. The minimum Gasteiger partial charge on any atom is -1.00 e. The topological polar surface area (TPSA) is 74.9 Å². The molecule has 1 heterocycles. The van der Waals surface area contributed by atoms with Gasteiger partial charge in [0.15, 0.2) is 29.2 Å². The molecule has 0 spiro atoms. The Kier molecular flexibility index (Phi) is 5.75. The van der Waals surface area contributed by atoms with Crippen molar-refractivity contribution < 1.29 is 43.8 Å². The lowest BCUT2D eigenvalue weighted by Crippen LogP contribution is -3.00. The Morgan fingerprint density at radius 3 is 2.20 bits per heavy atom. The third-order valence-corrected chi connectivity index (χ3v) is 5.61. The van der Waals surface area contributed by atoms with Crippen molar-refractivity contribution in [2.24, 2.45) is 7.05 Å². The van der Waals surface area contributed by atoms with Crippen LogP contribution in [0.1, 0.15) is 11.1 Å². The van der Waals surface area contributed by atoms with Gasteiger partial charge in [-0.05, 0) is 24.3 Å². The molecule has 160 valence electrons. The van der Waals surface area contributed by atoms with Gasteiger partial charge < -0.3 is 30.8 Å². The summed E-state index contributed by atoms with van der Waals surface area (Å²) in [4.78, 5) is 0. The molecule has 0 amide bonds. The Bertz CT molecular complexity index is 1260. The summed E-state index contributed by atoms with van der Waals surface area (Å²) in [5.41, 5.74) is 4.03. The molecule has 1 aromatic heterocycles. The predicted octanol–water partition coefficient (Wildman–Crippen LogP) is -0.396. The SMILES string of the molecule is COc1cc2c[n+](C)c3c(c2cc1OC)Cc1c-3ccc(OS(C)(=O)=O)c1OC.[Cl-]. The van der Waals surface area contributed by atoms with Crippen LogP contribution in [0.25, 0.3) is 22.0 Å². The van der Waals surface area contributed by atoms with E-state index in [9.17, 15) is 8.42 Å². The van der Waals surface area contributed by atoms with Crippen LogP contribution in [0.3, 0.4) is 0 Å². The van der Waals surface area contributed by atoms with Gasteiger partial charge in [0.2, 0.25) is 5.69 Å². The molecule has 2 aromatic carbocycles. The van der Waals surface area contributed by atoms with Crippen molar-refractivity contribution >= 4 is 20.9 Å². The molecule has 0 bridgehead atoms. The molecule has 0 fully saturated rings. The second-order valence-corrected chi connectivity index (χ2v) is 8.52. The monoisotopic (exact) mass is 451 g/mol. The molecule has 9 heteroatoms. The van der Waals surface area contributed by atoms with E-state index in [0.717, 1.165) is 39.4 Å². The lowest BCUT2D eigenvalue weighted by atomic mass is 10.0. The largest absolute Gasteiger partial charge is 1.00 e. The minimum absolute atomic E-state index is 0. The predicted molar refractivity (Wildman–Crippen MR) is 108 cm³/mol. The van der Waals surface area contributed by atoms with Crippen LogP contribution in [-0.2, 0) is 23.6 Å². The number of pyridine rings is 1. The molecule has 30 heavy (non-hydrogen) atoms. The van der Waals surface area contributed by atoms with Gasteiger partial charge in [-0.2, -0.15) is 8.42 Å². The van der Waals surface area contributed by atoms with Crippen molar-refractivity contribution in [2.75, 3.05) is 27.6 Å². The summed E-state index contributed by atoms with van der Waals surface area (Å²) in [5.74, 6) is 1.93. The van der Waals surface area contributed by atoms with E-state index in [4.69, 9.17) is 18.4 Å². The number of ether oxygens (including phenoxy) is 3. The number of fused-ring (bicyclic) bond motifs is 5. The summed E-state index contributed by atoms with van der Waals surface area (Å²) in [6.45, 7) is 0. The zero-order chi connectivity index (χ0) is 20.9. The first kappa shape index (κ1) is 22.0. The normalized spacial score (nSPS) is 12.0. The molecule has 0 saturated heterocycles. The van der Waals surface area contributed by atoms with Crippen LogP contribution < -0.4 is 35.4 Å². The number of hydrogen-bond donors (Lipinski definition) is 0. The highest BCUT2D eigenvalue weighted by molar-refractivity contribution is 7.86. The van der Waals surface area contributed by atoms with Gasteiger partial charge in [0.25, 0.3) is 0 Å². The van der Waals surface area contributed by atoms with Gasteiger partial charge in [0, 0.05) is 28.3 Å². The summed E-state index contributed by atoms with van der Waals surface area (Å²) < 4.78 is 47.0. The number of halogens is 1. The van der Waals surface area contributed by atoms with E-state index >= 15 is 0 Å². The third kappa shape index (κ3) is 3.50. The average molecular weight is 452 g/mol. The zero-order valence-corrected chi connectivity index (χ0v) is 18.8. The summed E-state index contributed by atoms with van der Waals surface area (Å²) in [7, 11) is 3.05. The van der Waals surface area contributed by atoms with Crippen LogP contribution in [-0.4, -0.2) is 36.0 Å². The molecule has 4 rings (SSSR count). The molecule has 0 aliphatic heterocycles. The molecule has 1 aliphatic rings. The molecule has 0 radical (unpaired) electrons. The van der Waals surface area contributed by atoms with E-state index < -0.39 is 10.1 Å². The van der Waals surface area contributed by atoms with E-state index in [1.165, 1.54) is 7.11 Å². The number of benzene rings is 2. The highest BCUT2D eigenvalue weighted by atomic mass is 35.5. The van der Waals surface area contributed by atoms with Crippen LogP contribution in [0.2, 0.25) is 0 Å². The zero-order valence-electron chi connectivity index (χ0n) is 17.3. The van der Waals surface area contributed by atoms with E-state index in [-0.39, 0.29) is 18.2 Å². The van der Waals surface area contributed by atoms with Gasteiger partial charge in [0.1, 0.15) is 7.05 Å². The Labute approximate surface area is 181 Å². The van der Waals surface area contributed by atoms with Crippen molar-refractivity contribution in [1.82, 2.24) is 0 Å². The summed E-state index contributed by atoms with van der Waals surface area (Å²) in [6, 6.07) is 7.43. The van der Waals surface area contributed by atoms with Crippen molar-refractivity contribution in [3.63, 3.8) is 0 Å². The molecule has 1 aliphatic carbocycles. The number of nitrogens with zero attached hydrogens (tertiary/aromatic N) is 1. The maximum absolute atomic E-state index is 11.6. The van der Waals surface area contributed by atoms with E-state index in [1.807, 2.05) is 31.4 Å². The molecule has 7 nitrogen and oxygen atoms in total. The molecule has 0 saturated carbocycles. The highest BCUT2D eigenvalue weighted by Crippen LogP contribution is 2.47. The fourth-order valence-electron chi connectivity index (χ4n) is 4.04. The van der Waals surface area contributed by atoms with Crippen molar-refractivity contribution in [3.8, 4) is 34.3 Å². The van der Waals surface area contributed by atoms with Gasteiger partial charge >= 0.3 is 10.1 Å². The lowest BCUT2D eigenvalue weighted by Gasteiger charge is -2.12. The van der Waals surface area contributed by atoms with E-state index in [0.29, 0.717) is 23.7 Å². The minimum atomic E-state index is -3.67. The van der Waals surface area contributed by atoms with Crippen LogP contribution in [0.15, 0.2) is 30.5 Å². The summed E-state index contributed by atoms with van der Waals surface area (Å²) >= 11 is 0. The number of aromatic nitrogens is 1. The van der Waals surface area contributed by atoms with E-state index in [1.54, 1.807) is 20.3 Å². The number of aryl methyl sites for hydroxylation is 1. The number of rotatable bonds is 5. The number of methoxy groups -OCH3 is 3.